The summed E-state index contributed by atoms with van der Waals surface area (Å²) in [5, 5.41) is 3.09. The molecule has 0 saturated carbocycles. The molecule has 3 rings (SSSR count). The Morgan fingerprint density at radius 2 is 1.96 bits per heavy atom. The summed E-state index contributed by atoms with van der Waals surface area (Å²) in [5.74, 6) is 0.158. The number of rotatable bonds is 5. The number of hydrogen-bond donors (Lipinski definition) is 1. The van der Waals surface area contributed by atoms with Gasteiger partial charge in [-0.2, -0.15) is 0 Å². The van der Waals surface area contributed by atoms with Crippen molar-refractivity contribution in [1.29, 1.82) is 0 Å². The molecule has 2 saturated heterocycles. The summed E-state index contributed by atoms with van der Waals surface area (Å²) in [7, 11) is 0. The van der Waals surface area contributed by atoms with Crippen molar-refractivity contribution in [3.05, 3.63) is 30.3 Å². The van der Waals surface area contributed by atoms with E-state index in [9.17, 15) is 4.79 Å². The predicted molar refractivity (Wildman–Crippen MR) is 91.7 cm³/mol. The van der Waals surface area contributed by atoms with E-state index in [0.29, 0.717) is 13.0 Å². The summed E-state index contributed by atoms with van der Waals surface area (Å²) in [5.41, 5.74) is 1.29. The third-order valence-electron chi connectivity index (χ3n) is 4.67. The first-order chi connectivity index (χ1) is 11.3. The number of benzene rings is 1. The summed E-state index contributed by atoms with van der Waals surface area (Å²) in [6, 6.07) is 10.8. The first kappa shape index (κ1) is 16.3. The summed E-state index contributed by atoms with van der Waals surface area (Å²) in [6.45, 7) is 6.45. The van der Waals surface area contributed by atoms with Crippen LogP contribution in [0.1, 0.15) is 19.3 Å². The summed E-state index contributed by atoms with van der Waals surface area (Å²) < 4.78 is 5.40. The fraction of sp³-hybridized carbons (Fsp3) is 0.611. The number of nitrogens with one attached hydrogen (secondary N) is 1. The molecule has 5 nitrogen and oxygen atoms in total. The van der Waals surface area contributed by atoms with E-state index in [4.69, 9.17) is 4.74 Å². The van der Waals surface area contributed by atoms with Crippen molar-refractivity contribution in [1.82, 2.24) is 10.2 Å². The lowest BCUT2D eigenvalue weighted by molar-refractivity contribution is -0.123. The highest BCUT2D eigenvalue weighted by atomic mass is 16.5. The van der Waals surface area contributed by atoms with E-state index in [1.807, 2.05) is 0 Å². The second-order valence-corrected chi connectivity index (χ2v) is 6.40. The highest BCUT2D eigenvalue weighted by Crippen LogP contribution is 2.15. The Hall–Kier alpha value is -1.59. The van der Waals surface area contributed by atoms with Gasteiger partial charge in [0.1, 0.15) is 0 Å². The number of hydrogen-bond acceptors (Lipinski definition) is 4. The van der Waals surface area contributed by atoms with Crippen LogP contribution in [0.2, 0.25) is 0 Å². The highest BCUT2D eigenvalue weighted by Gasteiger charge is 2.19. The smallest absolute Gasteiger partial charge is 0.221 e. The van der Waals surface area contributed by atoms with Crippen LogP contribution in [0.5, 0.6) is 0 Å². The van der Waals surface area contributed by atoms with E-state index < -0.39 is 0 Å². The van der Waals surface area contributed by atoms with Crippen molar-refractivity contribution in [2.24, 2.45) is 0 Å². The van der Waals surface area contributed by atoms with Gasteiger partial charge in [-0.05, 0) is 25.0 Å². The number of ether oxygens (including phenoxy) is 1. The molecule has 2 aliphatic heterocycles. The van der Waals surface area contributed by atoms with Crippen LogP contribution in [0.4, 0.5) is 5.69 Å². The van der Waals surface area contributed by atoms with Crippen LogP contribution in [0.25, 0.3) is 0 Å². The molecule has 2 heterocycles. The van der Waals surface area contributed by atoms with E-state index in [0.717, 1.165) is 52.2 Å². The van der Waals surface area contributed by atoms with Crippen LogP contribution in [-0.4, -0.2) is 62.8 Å². The van der Waals surface area contributed by atoms with Gasteiger partial charge < -0.3 is 15.0 Å². The largest absolute Gasteiger partial charge is 0.379 e. The van der Waals surface area contributed by atoms with Gasteiger partial charge >= 0.3 is 0 Å². The second kappa shape index (κ2) is 8.31. The van der Waals surface area contributed by atoms with Crippen molar-refractivity contribution in [3.63, 3.8) is 0 Å². The SMILES string of the molecule is O=C(CCN1CCN(c2ccccc2)CC1)N[C@@H]1CCCOC1. The molecule has 126 valence electrons. The summed E-state index contributed by atoms with van der Waals surface area (Å²) >= 11 is 0. The van der Waals surface area contributed by atoms with Gasteiger partial charge in [-0.1, -0.05) is 18.2 Å². The van der Waals surface area contributed by atoms with Crippen molar-refractivity contribution >= 4 is 11.6 Å². The minimum atomic E-state index is 0.158. The normalized spacial score (nSPS) is 22.8. The third kappa shape index (κ3) is 4.94. The lowest BCUT2D eigenvalue weighted by atomic mass is 10.1. The van der Waals surface area contributed by atoms with Gasteiger partial charge in [0.25, 0.3) is 0 Å². The first-order valence-electron chi connectivity index (χ1n) is 8.71. The minimum absolute atomic E-state index is 0.158. The van der Waals surface area contributed by atoms with Gasteiger partial charge in [0, 0.05) is 51.4 Å². The molecule has 1 aromatic carbocycles. The Bertz CT molecular complexity index is 480. The van der Waals surface area contributed by atoms with E-state index >= 15 is 0 Å². The Morgan fingerprint density at radius 3 is 2.65 bits per heavy atom. The van der Waals surface area contributed by atoms with Crippen LogP contribution in [-0.2, 0) is 9.53 Å². The molecule has 1 aromatic rings. The zero-order chi connectivity index (χ0) is 15.9. The molecular formula is C18H27N3O2. The average molecular weight is 317 g/mol. The quantitative estimate of drug-likeness (QED) is 0.894. The van der Waals surface area contributed by atoms with Crippen LogP contribution in [0.15, 0.2) is 30.3 Å². The number of carbonyl (C=O) groups excluding carboxylic acids is 1. The summed E-state index contributed by atoms with van der Waals surface area (Å²) in [6.07, 6.45) is 2.68. The fourth-order valence-corrected chi connectivity index (χ4v) is 3.28. The molecule has 1 N–H and O–H groups in total. The third-order valence-corrected chi connectivity index (χ3v) is 4.67. The van der Waals surface area contributed by atoms with Crippen molar-refractivity contribution < 1.29 is 9.53 Å². The molecule has 0 bridgehead atoms. The van der Waals surface area contributed by atoms with E-state index in [1.54, 1.807) is 0 Å². The van der Waals surface area contributed by atoms with Crippen molar-refractivity contribution in [2.75, 3.05) is 50.8 Å². The minimum Gasteiger partial charge on any atom is -0.379 e. The van der Waals surface area contributed by atoms with Crippen LogP contribution >= 0.6 is 0 Å². The Morgan fingerprint density at radius 1 is 1.17 bits per heavy atom. The fourth-order valence-electron chi connectivity index (χ4n) is 3.28. The molecule has 0 aromatic heterocycles. The van der Waals surface area contributed by atoms with E-state index in [-0.39, 0.29) is 11.9 Å². The maximum Gasteiger partial charge on any atom is 0.221 e. The predicted octanol–water partition coefficient (Wildman–Crippen LogP) is 1.49. The zero-order valence-electron chi connectivity index (χ0n) is 13.7. The molecule has 0 spiro atoms. The molecule has 5 heteroatoms. The van der Waals surface area contributed by atoms with Gasteiger partial charge in [0.2, 0.25) is 5.91 Å². The van der Waals surface area contributed by atoms with E-state index in [1.165, 1.54) is 5.69 Å². The molecule has 2 aliphatic rings. The van der Waals surface area contributed by atoms with Crippen molar-refractivity contribution in [3.8, 4) is 0 Å². The van der Waals surface area contributed by atoms with Gasteiger partial charge in [-0.25, -0.2) is 0 Å². The molecule has 1 amide bonds. The monoisotopic (exact) mass is 317 g/mol. The molecule has 23 heavy (non-hydrogen) atoms. The molecule has 0 unspecified atom stereocenters. The zero-order valence-corrected chi connectivity index (χ0v) is 13.7. The molecular weight excluding hydrogens is 290 g/mol. The van der Waals surface area contributed by atoms with Crippen LogP contribution in [0, 0.1) is 0 Å². The average Bonchev–Trinajstić information content (AvgIpc) is 2.62. The number of nitrogens with zero attached hydrogens (tertiary/aromatic N) is 2. The molecule has 0 radical (unpaired) electrons. The maximum atomic E-state index is 12.0. The van der Waals surface area contributed by atoms with Gasteiger partial charge in [-0.3, -0.25) is 9.69 Å². The Kier molecular flexibility index (Phi) is 5.88. The topological polar surface area (TPSA) is 44.8 Å². The van der Waals surface area contributed by atoms with Crippen LogP contribution in [0.3, 0.4) is 0 Å². The lowest BCUT2D eigenvalue weighted by Crippen LogP contribution is -2.48. The first-order valence-corrected chi connectivity index (χ1v) is 8.71. The van der Waals surface area contributed by atoms with E-state index in [2.05, 4.69) is 45.4 Å². The number of anilines is 1. The molecule has 1 atom stereocenters. The van der Waals surface area contributed by atoms with Gasteiger partial charge in [0.15, 0.2) is 0 Å². The van der Waals surface area contributed by atoms with Crippen LogP contribution < -0.4 is 10.2 Å². The molecule has 0 aliphatic carbocycles. The Labute approximate surface area is 138 Å². The van der Waals surface area contributed by atoms with Gasteiger partial charge in [-0.15, -0.1) is 0 Å². The van der Waals surface area contributed by atoms with Gasteiger partial charge in [0.05, 0.1) is 12.6 Å². The van der Waals surface area contributed by atoms with Crippen molar-refractivity contribution in [2.45, 2.75) is 25.3 Å². The highest BCUT2D eigenvalue weighted by molar-refractivity contribution is 5.76. The maximum absolute atomic E-state index is 12.0. The Balaban J connectivity index is 1.35. The number of para-hydroxylation sites is 1. The number of carbonyl (C=O) groups is 1. The second-order valence-electron chi connectivity index (χ2n) is 6.40. The summed E-state index contributed by atoms with van der Waals surface area (Å²) in [4.78, 5) is 16.8. The lowest BCUT2D eigenvalue weighted by Gasteiger charge is -2.36. The standard InChI is InChI=1S/C18H27N3O2/c22-18(19-16-5-4-14-23-15-16)8-9-20-10-12-21(13-11-20)17-6-2-1-3-7-17/h1-3,6-7,16H,4-5,8-15H2,(H,19,22)/t16-/m1/s1. The number of piperazine rings is 1. The molecule has 2 fully saturated rings. The number of amides is 1.